The fraction of sp³-hybridized carbons (Fsp3) is 0.667. The molecule has 0 aliphatic heterocycles. The van der Waals surface area contributed by atoms with Crippen LogP contribution in [0.2, 0.25) is 0 Å². The summed E-state index contributed by atoms with van der Waals surface area (Å²) in [5, 5.41) is 17.9. The largest absolute Gasteiger partial charge is 0.388 e. The monoisotopic (exact) mass is 311 g/mol. The summed E-state index contributed by atoms with van der Waals surface area (Å²) in [4.78, 5) is 15.2. The third kappa shape index (κ3) is 4.69. The summed E-state index contributed by atoms with van der Waals surface area (Å²) >= 11 is 1.69. The maximum atomic E-state index is 11.9. The number of thiophene rings is 1. The number of aliphatic hydroxyl groups is 1. The summed E-state index contributed by atoms with van der Waals surface area (Å²) in [5.74, 6) is 0. The number of carbonyl (C=O) groups excluding carboxylic acids is 1. The summed E-state index contributed by atoms with van der Waals surface area (Å²) in [6.07, 6.45) is 3.65. The van der Waals surface area contributed by atoms with E-state index < -0.39 is 5.60 Å². The van der Waals surface area contributed by atoms with Gasteiger partial charge in [0.2, 0.25) is 0 Å². The second-order valence-electron chi connectivity index (χ2n) is 5.99. The van der Waals surface area contributed by atoms with Gasteiger partial charge in [0.15, 0.2) is 0 Å². The van der Waals surface area contributed by atoms with Crippen molar-refractivity contribution in [1.29, 1.82) is 0 Å². The maximum Gasteiger partial charge on any atom is 0.314 e. The molecule has 0 aromatic carbocycles. The van der Waals surface area contributed by atoms with Crippen molar-refractivity contribution in [3.63, 3.8) is 0 Å². The molecular formula is C15H25N3O2S. The molecule has 1 aliphatic carbocycles. The molecule has 5 nitrogen and oxygen atoms in total. The van der Waals surface area contributed by atoms with Gasteiger partial charge < -0.3 is 20.6 Å². The molecule has 1 atom stereocenters. The first kappa shape index (κ1) is 16.3. The van der Waals surface area contributed by atoms with Crippen LogP contribution in [0.25, 0.3) is 0 Å². The van der Waals surface area contributed by atoms with Crippen LogP contribution in [-0.4, -0.2) is 48.8 Å². The molecule has 2 rings (SSSR count). The van der Waals surface area contributed by atoms with Crippen LogP contribution in [0, 0.1) is 0 Å². The normalized spacial score (nSPS) is 18.7. The molecule has 0 spiro atoms. The van der Waals surface area contributed by atoms with Crippen LogP contribution in [-0.2, 0) is 0 Å². The minimum atomic E-state index is -0.702. The molecule has 21 heavy (non-hydrogen) atoms. The van der Waals surface area contributed by atoms with Gasteiger partial charge in [-0.15, -0.1) is 11.3 Å². The zero-order valence-electron chi connectivity index (χ0n) is 12.8. The average Bonchev–Trinajstić information content (AvgIpc) is 3.09. The van der Waals surface area contributed by atoms with Gasteiger partial charge in [-0.1, -0.05) is 18.9 Å². The van der Waals surface area contributed by atoms with E-state index in [-0.39, 0.29) is 12.1 Å². The van der Waals surface area contributed by atoms with Gasteiger partial charge in [0.25, 0.3) is 0 Å². The minimum Gasteiger partial charge on any atom is -0.388 e. The van der Waals surface area contributed by atoms with Crippen molar-refractivity contribution in [1.82, 2.24) is 15.5 Å². The zero-order valence-corrected chi connectivity index (χ0v) is 13.6. The Labute approximate surface area is 130 Å². The van der Waals surface area contributed by atoms with E-state index in [0.717, 1.165) is 25.7 Å². The third-order valence-electron chi connectivity index (χ3n) is 4.06. The third-order valence-corrected chi connectivity index (χ3v) is 5.04. The van der Waals surface area contributed by atoms with Crippen molar-refractivity contribution >= 4 is 17.4 Å². The van der Waals surface area contributed by atoms with Gasteiger partial charge in [0, 0.05) is 18.0 Å². The van der Waals surface area contributed by atoms with Crippen LogP contribution >= 0.6 is 11.3 Å². The highest BCUT2D eigenvalue weighted by Crippen LogP contribution is 2.28. The second kappa shape index (κ2) is 7.24. The van der Waals surface area contributed by atoms with Crippen molar-refractivity contribution in [3.8, 4) is 0 Å². The number of urea groups is 1. The van der Waals surface area contributed by atoms with Gasteiger partial charge in [-0.05, 0) is 38.4 Å². The number of hydrogen-bond donors (Lipinski definition) is 3. The highest BCUT2D eigenvalue weighted by molar-refractivity contribution is 7.10. The molecule has 118 valence electrons. The quantitative estimate of drug-likeness (QED) is 0.752. The van der Waals surface area contributed by atoms with Crippen molar-refractivity contribution < 1.29 is 9.90 Å². The lowest BCUT2D eigenvalue weighted by Crippen LogP contribution is -2.46. The standard InChI is InChI=1S/C15H25N3O2S/c1-18(2)12(13-6-5-9-21-13)10-16-14(19)17-11-15(20)7-3-4-8-15/h5-6,9,12,20H,3-4,7-8,10-11H2,1-2H3,(H2,16,17,19). The van der Waals surface area contributed by atoms with Gasteiger partial charge in [-0.2, -0.15) is 0 Å². The van der Waals surface area contributed by atoms with Crippen molar-refractivity contribution in [2.45, 2.75) is 37.3 Å². The lowest BCUT2D eigenvalue weighted by Gasteiger charge is -2.25. The van der Waals surface area contributed by atoms with Crippen LogP contribution in [0.1, 0.15) is 36.6 Å². The molecular weight excluding hydrogens is 286 g/mol. The Morgan fingerprint density at radius 3 is 2.71 bits per heavy atom. The number of likely N-dealkylation sites (N-methyl/N-ethyl adjacent to an activating group) is 1. The fourth-order valence-corrected chi connectivity index (χ4v) is 3.65. The van der Waals surface area contributed by atoms with Gasteiger partial charge >= 0.3 is 6.03 Å². The number of amides is 2. The van der Waals surface area contributed by atoms with E-state index in [4.69, 9.17) is 0 Å². The molecule has 1 aliphatic rings. The molecule has 6 heteroatoms. The molecule has 0 bridgehead atoms. The Bertz CT molecular complexity index is 442. The number of rotatable bonds is 6. The summed E-state index contributed by atoms with van der Waals surface area (Å²) in [6.45, 7) is 0.891. The second-order valence-corrected chi connectivity index (χ2v) is 6.97. The molecule has 1 heterocycles. The predicted molar refractivity (Wildman–Crippen MR) is 85.6 cm³/mol. The number of nitrogens with one attached hydrogen (secondary N) is 2. The van der Waals surface area contributed by atoms with Gasteiger partial charge in [-0.3, -0.25) is 0 Å². The molecule has 1 saturated carbocycles. The Morgan fingerprint density at radius 1 is 1.43 bits per heavy atom. The van der Waals surface area contributed by atoms with Crippen LogP contribution in [0.3, 0.4) is 0 Å². The van der Waals surface area contributed by atoms with E-state index in [9.17, 15) is 9.90 Å². The molecule has 1 unspecified atom stereocenters. The van der Waals surface area contributed by atoms with E-state index in [0.29, 0.717) is 13.1 Å². The fourth-order valence-electron chi connectivity index (χ4n) is 2.73. The number of hydrogen-bond acceptors (Lipinski definition) is 4. The predicted octanol–water partition coefficient (Wildman–Crippen LogP) is 1.96. The summed E-state index contributed by atoms with van der Waals surface area (Å²) in [5.41, 5.74) is -0.702. The Morgan fingerprint density at radius 2 is 2.14 bits per heavy atom. The van der Waals surface area contributed by atoms with Crippen LogP contribution < -0.4 is 10.6 Å². The van der Waals surface area contributed by atoms with Crippen LogP contribution in [0.15, 0.2) is 17.5 Å². The molecule has 1 fully saturated rings. The summed E-state index contributed by atoms with van der Waals surface area (Å²) in [7, 11) is 4.01. The van der Waals surface area contributed by atoms with Crippen LogP contribution in [0.4, 0.5) is 4.79 Å². The molecule has 0 saturated heterocycles. The molecule has 0 radical (unpaired) electrons. The summed E-state index contributed by atoms with van der Waals surface area (Å²) in [6, 6.07) is 4.06. The highest BCUT2D eigenvalue weighted by atomic mass is 32.1. The average molecular weight is 311 g/mol. The van der Waals surface area contributed by atoms with E-state index >= 15 is 0 Å². The van der Waals surface area contributed by atoms with Crippen molar-refractivity contribution in [2.75, 3.05) is 27.2 Å². The first-order chi connectivity index (χ1) is 10.0. The van der Waals surface area contributed by atoms with Crippen LogP contribution in [0.5, 0.6) is 0 Å². The lowest BCUT2D eigenvalue weighted by atomic mass is 10.0. The highest BCUT2D eigenvalue weighted by Gasteiger charge is 2.31. The maximum absolute atomic E-state index is 11.9. The molecule has 3 N–H and O–H groups in total. The Balaban J connectivity index is 1.77. The minimum absolute atomic E-state index is 0.172. The number of carbonyl (C=O) groups is 1. The smallest absolute Gasteiger partial charge is 0.314 e. The Hall–Kier alpha value is -1.11. The molecule has 1 aromatic heterocycles. The number of nitrogens with zero attached hydrogens (tertiary/aromatic N) is 1. The van der Waals surface area contributed by atoms with Crippen molar-refractivity contribution in [3.05, 3.63) is 22.4 Å². The van der Waals surface area contributed by atoms with E-state index in [1.54, 1.807) is 11.3 Å². The SMILES string of the molecule is CN(C)C(CNC(=O)NCC1(O)CCCC1)c1cccs1. The first-order valence-electron chi connectivity index (χ1n) is 7.44. The van der Waals surface area contributed by atoms with E-state index in [1.807, 2.05) is 25.5 Å². The molecule has 1 aromatic rings. The first-order valence-corrected chi connectivity index (χ1v) is 8.32. The molecule has 2 amide bonds. The Kier molecular flexibility index (Phi) is 5.61. The van der Waals surface area contributed by atoms with E-state index in [1.165, 1.54) is 4.88 Å². The van der Waals surface area contributed by atoms with Crippen molar-refractivity contribution in [2.24, 2.45) is 0 Å². The summed E-state index contributed by atoms with van der Waals surface area (Å²) < 4.78 is 0. The van der Waals surface area contributed by atoms with Gasteiger partial charge in [0.05, 0.1) is 11.6 Å². The topological polar surface area (TPSA) is 64.6 Å². The van der Waals surface area contributed by atoms with E-state index in [2.05, 4.69) is 21.6 Å². The van der Waals surface area contributed by atoms with Gasteiger partial charge in [0.1, 0.15) is 0 Å². The van der Waals surface area contributed by atoms with Gasteiger partial charge in [-0.25, -0.2) is 4.79 Å². The lowest BCUT2D eigenvalue weighted by molar-refractivity contribution is 0.0500. The zero-order chi connectivity index (χ0) is 15.3.